The van der Waals surface area contributed by atoms with Crippen molar-refractivity contribution >= 4 is 0 Å². The van der Waals surface area contributed by atoms with Crippen LogP contribution in [-0.4, -0.2) is 53.1 Å². The van der Waals surface area contributed by atoms with Gasteiger partial charge in [-0.15, -0.1) is 0 Å². The number of rotatable bonds is 2. The van der Waals surface area contributed by atoms with Crippen molar-refractivity contribution in [3.8, 4) is 0 Å². The molecule has 0 amide bonds. The summed E-state index contributed by atoms with van der Waals surface area (Å²) in [4.78, 5) is 5.49. The molecule has 3 rings (SSSR count). The van der Waals surface area contributed by atoms with Crippen molar-refractivity contribution in [3.05, 3.63) is 0 Å². The smallest absolute Gasteiger partial charge is 0.0241 e. The molecule has 0 radical (unpaired) electrons. The van der Waals surface area contributed by atoms with Crippen molar-refractivity contribution in [3.63, 3.8) is 0 Å². The Morgan fingerprint density at radius 1 is 1.00 bits per heavy atom. The average Bonchev–Trinajstić information content (AvgIpc) is 2.82. The Labute approximate surface area is 105 Å². The third-order valence-corrected chi connectivity index (χ3v) is 5.17. The van der Waals surface area contributed by atoms with Gasteiger partial charge in [0.1, 0.15) is 0 Å². The summed E-state index contributed by atoms with van der Waals surface area (Å²) in [6.45, 7) is 7.23. The second-order valence-electron chi connectivity index (χ2n) is 6.59. The van der Waals surface area contributed by atoms with Crippen LogP contribution in [0.4, 0.5) is 0 Å². The molecule has 3 aliphatic heterocycles. The molecule has 0 spiro atoms. The van der Waals surface area contributed by atoms with E-state index in [-0.39, 0.29) is 0 Å². The molecule has 3 fully saturated rings. The van der Waals surface area contributed by atoms with Crippen molar-refractivity contribution in [2.24, 2.45) is 5.73 Å². The van der Waals surface area contributed by atoms with E-state index in [0.717, 1.165) is 18.1 Å². The maximum atomic E-state index is 6.15. The fourth-order valence-corrected chi connectivity index (χ4v) is 4.33. The molecule has 0 aromatic carbocycles. The molecule has 3 aliphatic rings. The van der Waals surface area contributed by atoms with Gasteiger partial charge in [-0.1, -0.05) is 0 Å². The molecule has 3 atom stereocenters. The molecular formula is C14H27N3. The Balaban J connectivity index is 1.66. The molecule has 2 N–H and O–H groups in total. The van der Waals surface area contributed by atoms with E-state index < -0.39 is 0 Å². The van der Waals surface area contributed by atoms with Crippen LogP contribution in [0.25, 0.3) is 0 Å². The summed E-state index contributed by atoms with van der Waals surface area (Å²) < 4.78 is 0. The van der Waals surface area contributed by atoms with E-state index >= 15 is 0 Å². The first kappa shape index (κ1) is 11.9. The second kappa shape index (κ2) is 4.52. The summed E-state index contributed by atoms with van der Waals surface area (Å²) in [7, 11) is 0. The molecule has 3 heteroatoms. The summed E-state index contributed by atoms with van der Waals surface area (Å²) in [6, 6.07) is 3.63. The molecule has 0 saturated carbocycles. The highest BCUT2D eigenvalue weighted by molar-refractivity contribution is 5.01. The van der Waals surface area contributed by atoms with E-state index in [9.17, 15) is 0 Å². The van der Waals surface area contributed by atoms with Gasteiger partial charge in [-0.3, -0.25) is 9.80 Å². The summed E-state index contributed by atoms with van der Waals surface area (Å²) in [5, 5.41) is 0. The lowest BCUT2D eigenvalue weighted by atomic mass is 9.96. The van der Waals surface area contributed by atoms with Crippen LogP contribution in [0.1, 0.15) is 46.0 Å². The third kappa shape index (κ3) is 2.13. The van der Waals surface area contributed by atoms with Gasteiger partial charge in [0.15, 0.2) is 0 Å². The molecule has 3 unspecified atom stereocenters. The van der Waals surface area contributed by atoms with Gasteiger partial charge in [0.25, 0.3) is 0 Å². The SMILES string of the molecule is CC(C)N1CCC(N2C3CCC2CC(N)C3)C1. The number of likely N-dealkylation sites (tertiary alicyclic amines) is 1. The van der Waals surface area contributed by atoms with Crippen molar-refractivity contribution in [2.75, 3.05) is 13.1 Å². The van der Waals surface area contributed by atoms with Crippen LogP contribution in [-0.2, 0) is 0 Å². The normalized spacial score (nSPS) is 43.8. The van der Waals surface area contributed by atoms with Crippen molar-refractivity contribution < 1.29 is 0 Å². The minimum atomic E-state index is 0.478. The molecule has 0 aromatic heterocycles. The molecule has 3 heterocycles. The van der Waals surface area contributed by atoms with Crippen molar-refractivity contribution in [2.45, 2.75) is 76.2 Å². The quantitative estimate of drug-likeness (QED) is 0.788. The first-order valence-electron chi connectivity index (χ1n) is 7.42. The van der Waals surface area contributed by atoms with Crippen LogP contribution in [0.2, 0.25) is 0 Å². The van der Waals surface area contributed by atoms with Gasteiger partial charge in [-0.2, -0.15) is 0 Å². The molecule has 17 heavy (non-hydrogen) atoms. The van der Waals surface area contributed by atoms with E-state index in [1.165, 1.54) is 45.2 Å². The van der Waals surface area contributed by atoms with Gasteiger partial charge in [-0.05, 0) is 46.0 Å². The highest BCUT2D eigenvalue weighted by Crippen LogP contribution is 2.38. The number of nitrogens with zero attached hydrogens (tertiary/aromatic N) is 2. The Hall–Kier alpha value is -0.120. The largest absolute Gasteiger partial charge is 0.328 e. The monoisotopic (exact) mass is 237 g/mol. The number of fused-ring (bicyclic) bond motifs is 2. The summed E-state index contributed by atoms with van der Waals surface area (Å²) in [6.07, 6.45) is 6.66. The summed E-state index contributed by atoms with van der Waals surface area (Å²) in [5.74, 6) is 0. The number of piperidine rings is 1. The van der Waals surface area contributed by atoms with Gasteiger partial charge in [-0.25, -0.2) is 0 Å². The Bertz CT molecular complexity index is 265. The molecule has 3 nitrogen and oxygen atoms in total. The first-order chi connectivity index (χ1) is 8.15. The van der Waals surface area contributed by atoms with Crippen LogP contribution in [0, 0.1) is 0 Å². The number of hydrogen-bond acceptors (Lipinski definition) is 3. The molecule has 2 bridgehead atoms. The van der Waals surface area contributed by atoms with Crippen molar-refractivity contribution in [1.29, 1.82) is 0 Å². The third-order valence-electron chi connectivity index (χ3n) is 5.17. The Morgan fingerprint density at radius 2 is 1.65 bits per heavy atom. The molecule has 0 aliphatic carbocycles. The minimum absolute atomic E-state index is 0.478. The zero-order chi connectivity index (χ0) is 12.0. The van der Waals surface area contributed by atoms with Crippen LogP contribution in [0.15, 0.2) is 0 Å². The topological polar surface area (TPSA) is 32.5 Å². The molecule has 98 valence electrons. The second-order valence-corrected chi connectivity index (χ2v) is 6.59. The van der Waals surface area contributed by atoms with E-state index in [1.54, 1.807) is 0 Å². The van der Waals surface area contributed by atoms with Gasteiger partial charge in [0.2, 0.25) is 0 Å². The molecular weight excluding hydrogens is 210 g/mol. The minimum Gasteiger partial charge on any atom is -0.328 e. The lowest BCUT2D eigenvalue weighted by Gasteiger charge is -2.41. The predicted octanol–water partition coefficient (Wildman–Crippen LogP) is 1.42. The highest BCUT2D eigenvalue weighted by Gasteiger charge is 2.44. The summed E-state index contributed by atoms with van der Waals surface area (Å²) in [5.41, 5.74) is 6.15. The lowest BCUT2D eigenvalue weighted by molar-refractivity contribution is 0.0781. The van der Waals surface area contributed by atoms with E-state index in [1.807, 2.05) is 0 Å². The highest BCUT2D eigenvalue weighted by atomic mass is 15.3. The number of nitrogens with two attached hydrogens (primary N) is 1. The van der Waals surface area contributed by atoms with E-state index in [4.69, 9.17) is 5.73 Å². The van der Waals surface area contributed by atoms with Crippen LogP contribution < -0.4 is 5.73 Å². The van der Waals surface area contributed by atoms with E-state index in [0.29, 0.717) is 12.1 Å². The van der Waals surface area contributed by atoms with E-state index in [2.05, 4.69) is 23.6 Å². The van der Waals surface area contributed by atoms with Gasteiger partial charge in [0.05, 0.1) is 0 Å². The average molecular weight is 237 g/mol. The van der Waals surface area contributed by atoms with Crippen LogP contribution in [0.3, 0.4) is 0 Å². The fourth-order valence-electron chi connectivity index (χ4n) is 4.33. The van der Waals surface area contributed by atoms with Gasteiger partial charge >= 0.3 is 0 Å². The fraction of sp³-hybridized carbons (Fsp3) is 1.00. The maximum absolute atomic E-state index is 6.15. The van der Waals surface area contributed by atoms with Gasteiger partial charge in [0, 0.05) is 43.3 Å². The maximum Gasteiger partial charge on any atom is 0.0241 e. The molecule has 3 saturated heterocycles. The first-order valence-corrected chi connectivity index (χ1v) is 7.42. The zero-order valence-corrected chi connectivity index (χ0v) is 11.3. The number of hydrogen-bond donors (Lipinski definition) is 1. The van der Waals surface area contributed by atoms with Crippen molar-refractivity contribution in [1.82, 2.24) is 9.80 Å². The Kier molecular flexibility index (Phi) is 3.18. The van der Waals surface area contributed by atoms with Gasteiger partial charge < -0.3 is 5.73 Å². The summed E-state index contributed by atoms with van der Waals surface area (Å²) >= 11 is 0. The van der Waals surface area contributed by atoms with Crippen LogP contribution in [0.5, 0.6) is 0 Å². The predicted molar refractivity (Wildman–Crippen MR) is 71.0 cm³/mol. The van der Waals surface area contributed by atoms with Crippen LogP contribution >= 0.6 is 0 Å². The lowest BCUT2D eigenvalue weighted by Crippen LogP contribution is -2.52. The zero-order valence-electron chi connectivity index (χ0n) is 11.3. The Morgan fingerprint density at radius 3 is 2.18 bits per heavy atom. The molecule has 0 aromatic rings. The standard InChI is InChI=1S/C14H27N3/c1-10(2)16-6-5-14(9-16)17-12-3-4-13(17)8-11(15)7-12/h10-14H,3-9,15H2,1-2H3.